The topological polar surface area (TPSA) is 168 Å². The van der Waals surface area contributed by atoms with Gasteiger partial charge in [0, 0.05) is 25.0 Å². The molecule has 0 bridgehead atoms. The maximum Gasteiger partial charge on any atom is 0.410 e. The van der Waals surface area contributed by atoms with Crippen LogP contribution < -0.4 is 26.9 Å². The highest BCUT2D eigenvalue weighted by Crippen LogP contribution is 2.35. The van der Waals surface area contributed by atoms with Crippen LogP contribution in [0.1, 0.15) is 55.5 Å². The van der Waals surface area contributed by atoms with Gasteiger partial charge in [-0.1, -0.05) is 24.3 Å². The molecule has 0 atom stereocenters. The van der Waals surface area contributed by atoms with Crippen LogP contribution >= 0.6 is 0 Å². The lowest BCUT2D eigenvalue weighted by atomic mass is 9.89. The van der Waals surface area contributed by atoms with Crippen molar-refractivity contribution in [2.45, 2.75) is 45.1 Å². The average molecular weight is 586 g/mol. The number of nitrogens with zero attached hydrogens (tertiary/aromatic N) is 4. The Morgan fingerprint density at radius 1 is 1.07 bits per heavy atom. The summed E-state index contributed by atoms with van der Waals surface area (Å²) in [5.41, 5.74) is 12.8. The lowest BCUT2D eigenvalue weighted by molar-refractivity contribution is 0.0204. The number of benzene rings is 2. The molecular weight excluding hydrogens is 550 g/mol. The molecule has 0 unspecified atom stereocenters. The van der Waals surface area contributed by atoms with Crippen molar-refractivity contribution in [3.63, 3.8) is 0 Å². The van der Waals surface area contributed by atoms with Gasteiger partial charge in [0.15, 0.2) is 5.65 Å². The van der Waals surface area contributed by atoms with Crippen molar-refractivity contribution in [1.29, 1.82) is 0 Å². The molecule has 2 aromatic heterocycles. The first kappa shape index (κ1) is 29.4. The molecule has 4 aromatic rings. The van der Waals surface area contributed by atoms with E-state index in [1.165, 1.54) is 10.8 Å². The number of likely N-dealkylation sites (tertiary alicyclic amines) is 1. The molecule has 224 valence electrons. The van der Waals surface area contributed by atoms with Crippen molar-refractivity contribution in [3.05, 3.63) is 76.1 Å². The van der Waals surface area contributed by atoms with Crippen LogP contribution in [0.3, 0.4) is 0 Å². The monoisotopic (exact) mass is 585 g/mol. The number of hydrogen-bond acceptors (Lipinski definition) is 9. The Balaban J connectivity index is 1.43. The molecule has 1 fully saturated rings. The van der Waals surface area contributed by atoms with Gasteiger partial charge < -0.3 is 31.2 Å². The number of nitrogens with one attached hydrogen (secondary N) is 1. The van der Waals surface area contributed by atoms with Crippen molar-refractivity contribution in [2.75, 3.05) is 31.2 Å². The van der Waals surface area contributed by atoms with Crippen LogP contribution in [0.25, 0.3) is 16.7 Å². The largest absolute Gasteiger partial charge is 0.495 e. The molecule has 12 nitrogen and oxygen atoms in total. The first-order chi connectivity index (χ1) is 20.5. The molecule has 0 spiro atoms. The van der Waals surface area contributed by atoms with E-state index in [0.717, 1.165) is 18.4 Å². The van der Waals surface area contributed by atoms with Gasteiger partial charge in [0.05, 0.1) is 18.2 Å². The molecule has 2 aromatic carbocycles. The Hall–Kier alpha value is -5.13. The number of carbonyl (C=O) groups is 2. The van der Waals surface area contributed by atoms with Gasteiger partial charge in [-0.05, 0) is 69.4 Å². The summed E-state index contributed by atoms with van der Waals surface area (Å²) in [7, 11) is 1.58. The number of nitrogen functional groups attached to an aromatic ring is 1. The SMILES string of the molecule is COc1cc(C2CCN(C(=O)OC(C)(C)C)CC2)ccc1Nc1ncc2c(=O)c(C(N)=O)c(N)n(-c3ccccc3)c2n1. The number of methoxy groups -OCH3 is 1. The van der Waals surface area contributed by atoms with E-state index in [1.807, 2.05) is 45.0 Å². The van der Waals surface area contributed by atoms with E-state index in [0.29, 0.717) is 30.2 Å². The number of piperidine rings is 1. The van der Waals surface area contributed by atoms with E-state index < -0.39 is 16.9 Å². The fourth-order valence-electron chi connectivity index (χ4n) is 5.22. The third kappa shape index (κ3) is 6.08. The van der Waals surface area contributed by atoms with E-state index in [4.69, 9.17) is 20.9 Å². The molecule has 0 aliphatic carbocycles. The van der Waals surface area contributed by atoms with Crippen molar-refractivity contribution in [3.8, 4) is 11.4 Å². The Morgan fingerprint density at radius 2 is 1.77 bits per heavy atom. The van der Waals surface area contributed by atoms with Crippen LogP contribution in [-0.2, 0) is 4.74 Å². The standard InChI is InChI=1S/C31H35N7O5/c1-31(2,3)43-30(41)37-14-12-18(13-15-37)19-10-11-22(23(16-19)42-4)35-29-34-17-21-25(39)24(27(33)40)26(32)38(28(21)36-29)20-8-6-5-7-9-20/h5-11,16-18H,12-15,32H2,1-4H3,(H2,33,40)(H,34,35,36). The molecule has 0 radical (unpaired) electrons. The molecular formula is C31H35N7O5. The van der Waals surface area contributed by atoms with Crippen LogP contribution in [0, 0.1) is 0 Å². The molecule has 2 amide bonds. The minimum absolute atomic E-state index is 0.0949. The molecule has 1 aliphatic rings. The Morgan fingerprint density at radius 3 is 2.40 bits per heavy atom. The van der Waals surface area contributed by atoms with Gasteiger partial charge in [0.25, 0.3) is 5.91 Å². The van der Waals surface area contributed by atoms with Gasteiger partial charge in [-0.2, -0.15) is 4.98 Å². The van der Waals surface area contributed by atoms with Crippen LogP contribution in [0.15, 0.2) is 59.5 Å². The normalized spacial score (nSPS) is 14.0. The van der Waals surface area contributed by atoms with Crippen molar-refractivity contribution in [2.24, 2.45) is 5.73 Å². The maximum atomic E-state index is 13.1. The van der Waals surface area contributed by atoms with Crippen molar-refractivity contribution in [1.82, 2.24) is 19.4 Å². The summed E-state index contributed by atoms with van der Waals surface area (Å²) in [6, 6.07) is 14.9. The van der Waals surface area contributed by atoms with Crippen LogP contribution in [-0.4, -0.2) is 57.2 Å². The summed E-state index contributed by atoms with van der Waals surface area (Å²) in [6.45, 7) is 6.80. The average Bonchev–Trinajstić information content (AvgIpc) is 2.97. The zero-order valence-electron chi connectivity index (χ0n) is 24.6. The number of amides is 2. The minimum Gasteiger partial charge on any atom is -0.495 e. The van der Waals surface area contributed by atoms with Crippen molar-refractivity contribution >= 4 is 40.5 Å². The third-order valence-electron chi connectivity index (χ3n) is 7.30. The van der Waals surface area contributed by atoms with Gasteiger partial charge in [-0.3, -0.25) is 14.2 Å². The quantitative estimate of drug-likeness (QED) is 0.298. The highest BCUT2D eigenvalue weighted by atomic mass is 16.6. The second-order valence-corrected chi connectivity index (χ2v) is 11.4. The Kier molecular flexibility index (Phi) is 7.94. The number of carbonyl (C=O) groups excluding carboxylic acids is 2. The first-order valence-corrected chi connectivity index (χ1v) is 14.0. The molecule has 43 heavy (non-hydrogen) atoms. The number of primary amides is 1. The number of nitrogens with two attached hydrogens (primary N) is 2. The number of pyridine rings is 1. The highest BCUT2D eigenvalue weighted by molar-refractivity contribution is 6.01. The number of aromatic nitrogens is 3. The number of rotatable bonds is 6. The number of fused-ring (bicyclic) bond motifs is 1. The molecule has 5 rings (SSSR count). The lowest BCUT2D eigenvalue weighted by Crippen LogP contribution is -2.41. The molecule has 5 N–H and O–H groups in total. The number of para-hydroxylation sites is 1. The van der Waals surface area contributed by atoms with Crippen LogP contribution in [0.2, 0.25) is 0 Å². The van der Waals surface area contributed by atoms with E-state index in [1.54, 1.807) is 36.3 Å². The lowest BCUT2D eigenvalue weighted by Gasteiger charge is -2.33. The number of anilines is 3. The summed E-state index contributed by atoms with van der Waals surface area (Å²) in [4.78, 5) is 48.4. The van der Waals surface area contributed by atoms with Crippen LogP contribution in [0.4, 0.5) is 22.2 Å². The molecule has 1 saturated heterocycles. The molecule has 0 saturated carbocycles. The van der Waals surface area contributed by atoms with E-state index in [2.05, 4.69) is 15.3 Å². The smallest absolute Gasteiger partial charge is 0.410 e. The predicted octanol–water partition coefficient (Wildman–Crippen LogP) is 4.33. The number of ether oxygens (including phenoxy) is 2. The number of hydrogen-bond donors (Lipinski definition) is 3. The fraction of sp³-hybridized carbons (Fsp3) is 0.323. The summed E-state index contributed by atoms with van der Waals surface area (Å²) in [6.07, 6.45) is 2.66. The van der Waals surface area contributed by atoms with Gasteiger partial charge in [-0.15, -0.1) is 0 Å². The second kappa shape index (κ2) is 11.6. The second-order valence-electron chi connectivity index (χ2n) is 11.4. The van der Waals surface area contributed by atoms with Gasteiger partial charge >= 0.3 is 6.09 Å². The zero-order valence-corrected chi connectivity index (χ0v) is 24.6. The summed E-state index contributed by atoms with van der Waals surface area (Å²) >= 11 is 0. The first-order valence-electron chi connectivity index (χ1n) is 14.0. The molecule has 1 aliphatic heterocycles. The van der Waals surface area contributed by atoms with Crippen LogP contribution in [0.5, 0.6) is 5.75 Å². The third-order valence-corrected chi connectivity index (χ3v) is 7.30. The molecule has 12 heteroatoms. The summed E-state index contributed by atoms with van der Waals surface area (Å²) < 4.78 is 12.7. The van der Waals surface area contributed by atoms with Gasteiger partial charge in [0.1, 0.15) is 22.7 Å². The highest BCUT2D eigenvalue weighted by Gasteiger charge is 2.28. The minimum atomic E-state index is -0.934. The summed E-state index contributed by atoms with van der Waals surface area (Å²) in [5.74, 6) is -0.0160. The predicted molar refractivity (Wildman–Crippen MR) is 164 cm³/mol. The maximum absolute atomic E-state index is 13.1. The Bertz CT molecular complexity index is 1740. The Labute approximate surface area is 248 Å². The summed E-state index contributed by atoms with van der Waals surface area (Å²) in [5, 5.41) is 3.27. The molecule has 3 heterocycles. The van der Waals surface area contributed by atoms with E-state index in [-0.39, 0.29) is 40.4 Å². The zero-order chi connectivity index (χ0) is 30.9. The fourth-order valence-corrected chi connectivity index (χ4v) is 5.22. The van der Waals surface area contributed by atoms with Gasteiger partial charge in [-0.25, -0.2) is 9.78 Å². The van der Waals surface area contributed by atoms with Crippen molar-refractivity contribution < 1.29 is 19.1 Å². The van der Waals surface area contributed by atoms with E-state index in [9.17, 15) is 14.4 Å². The van der Waals surface area contributed by atoms with Gasteiger partial charge in [0.2, 0.25) is 11.4 Å². The van der Waals surface area contributed by atoms with E-state index >= 15 is 0 Å².